The van der Waals surface area contributed by atoms with Crippen LogP contribution in [-0.4, -0.2) is 45.3 Å². The Balaban J connectivity index is 1.76. The first kappa shape index (κ1) is 24.4. The van der Waals surface area contributed by atoms with Gasteiger partial charge in [-0.05, 0) is 55.7 Å². The molecule has 0 atom stereocenters. The van der Waals surface area contributed by atoms with E-state index in [1.807, 2.05) is 0 Å². The van der Waals surface area contributed by atoms with Crippen LogP contribution >= 0.6 is 0 Å². The van der Waals surface area contributed by atoms with E-state index in [4.69, 9.17) is 4.74 Å². The van der Waals surface area contributed by atoms with Gasteiger partial charge in [0.25, 0.3) is 5.91 Å². The molecule has 0 aromatic heterocycles. The molecule has 0 unspecified atom stereocenters. The van der Waals surface area contributed by atoms with Crippen molar-refractivity contribution >= 4 is 29.0 Å². The number of halogens is 3. The molecule has 1 saturated heterocycles. The van der Waals surface area contributed by atoms with Gasteiger partial charge in [0.05, 0.1) is 17.7 Å². The summed E-state index contributed by atoms with van der Waals surface area (Å²) in [6, 6.07) is 8.66. The smallest absolute Gasteiger partial charge is 0.383 e. The van der Waals surface area contributed by atoms with Gasteiger partial charge in [-0.1, -0.05) is 6.07 Å². The van der Waals surface area contributed by atoms with E-state index >= 15 is 0 Å². The number of nitrogens with one attached hydrogen (secondary N) is 3. The van der Waals surface area contributed by atoms with Crippen molar-refractivity contribution in [3.8, 4) is 0 Å². The molecule has 3 rings (SSSR count). The van der Waals surface area contributed by atoms with Gasteiger partial charge in [0.1, 0.15) is 0 Å². The largest absolute Gasteiger partial charge is 0.416 e. The van der Waals surface area contributed by atoms with Crippen molar-refractivity contribution in [1.82, 2.24) is 5.32 Å². The fourth-order valence-electron chi connectivity index (χ4n) is 3.63. The predicted molar refractivity (Wildman–Crippen MR) is 121 cm³/mol. The second-order valence-corrected chi connectivity index (χ2v) is 7.69. The Morgan fingerprint density at radius 2 is 1.70 bits per heavy atom. The average molecular weight is 464 g/mol. The SMILES string of the molecule is COCCNC(=O)c1cc(NC(=O)Nc2cccc(C(F)(F)F)c2)ccc1N1CCCCC1. The van der Waals surface area contributed by atoms with Gasteiger partial charge < -0.3 is 25.6 Å². The number of methoxy groups -OCH3 is 1. The molecule has 1 heterocycles. The molecule has 0 saturated carbocycles. The Bertz CT molecular complexity index is 976. The Morgan fingerprint density at radius 1 is 1.00 bits per heavy atom. The molecule has 2 aromatic carbocycles. The zero-order valence-electron chi connectivity index (χ0n) is 18.3. The van der Waals surface area contributed by atoms with E-state index in [1.165, 1.54) is 12.1 Å². The first-order chi connectivity index (χ1) is 15.8. The van der Waals surface area contributed by atoms with E-state index < -0.39 is 17.8 Å². The molecule has 3 amide bonds. The Hall–Kier alpha value is -3.27. The van der Waals surface area contributed by atoms with E-state index in [1.54, 1.807) is 25.3 Å². The van der Waals surface area contributed by atoms with Crippen LogP contribution in [0.4, 0.5) is 35.0 Å². The van der Waals surface area contributed by atoms with E-state index in [2.05, 4.69) is 20.9 Å². The van der Waals surface area contributed by atoms with Crippen LogP contribution in [0.5, 0.6) is 0 Å². The summed E-state index contributed by atoms with van der Waals surface area (Å²) in [4.78, 5) is 27.3. The molecule has 0 aliphatic carbocycles. The standard InChI is InChI=1S/C23H27F3N4O3/c1-33-13-10-27-21(31)19-15-18(8-9-20(19)30-11-3-2-4-12-30)29-22(32)28-17-7-5-6-16(14-17)23(24,25)26/h5-9,14-15H,2-4,10-13H2,1H3,(H,27,31)(H2,28,29,32). The van der Waals surface area contributed by atoms with Crippen LogP contribution in [0.3, 0.4) is 0 Å². The number of piperidine rings is 1. The number of nitrogens with zero attached hydrogens (tertiary/aromatic N) is 1. The topological polar surface area (TPSA) is 82.7 Å². The van der Waals surface area contributed by atoms with Crippen LogP contribution in [0, 0.1) is 0 Å². The second kappa shape index (κ2) is 11.0. The summed E-state index contributed by atoms with van der Waals surface area (Å²) in [5, 5.41) is 7.78. The molecule has 0 spiro atoms. The number of urea groups is 1. The van der Waals surface area contributed by atoms with Gasteiger partial charge in [0.2, 0.25) is 0 Å². The third-order valence-electron chi connectivity index (χ3n) is 5.24. The van der Waals surface area contributed by atoms with E-state index in [9.17, 15) is 22.8 Å². The number of hydrogen-bond acceptors (Lipinski definition) is 4. The Labute approximate surface area is 190 Å². The van der Waals surface area contributed by atoms with Gasteiger partial charge in [-0.2, -0.15) is 13.2 Å². The molecule has 1 aliphatic heterocycles. The van der Waals surface area contributed by atoms with E-state index in [0.717, 1.165) is 50.2 Å². The molecule has 0 bridgehead atoms. The van der Waals surface area contributed by atoms with Gasteiger partial charge in [-0.15, -0.1) is 0 Å². The van der Waals surface area contributed by atoms with Crippen LogP contribution in [0.15, 0.2) is 42.5 Å². The van der Waals surface area contributed by atoms with Crippen molar-refractivity contribution in [3.63, 3.8) is 0 Å². The van der Waals surface area contributed by atoms with Crippen LogP contribution in [0.1, 0.15) is 35.2 Å². The fraction of sp³-hybridized carbons (Fsp3) is 0.391. The lowest BCUT2D eigenvalue weighted by molar-refractivity contribution is -0.137. The molecule has 7 nitrogen and oxygen atoms in total. The van der Waals surface area contributed by atoms with Gasteiger partial charge in [0.15, 0.2) is 0 Å². The zero-order chi connectivity index (χ0) is 23.8. The number of anilines is 3. The summed E-state index contributed by atoms with van der Waals surface area (Å²) < 4.78 is 43.7. The minimum absolute atomic E-state index is 0.00444. The summed E-state index contributed by atoms with van der Waals surface area (Å²) in [6.45, 7) is 2.37. The fourth-order valence-corrected chi connectivity index (χ4v) is 3.63. The highest BCUT2D eigenvalue weighted by molar-refractivity contribution is 6.04. The Morgan fingerprint density at radius 3 is 2.36 bits per heavy atom. The summed E-state index contributed by atoms with van der Waals surface area (Å²) in [5.74, 6) is -0.297. The highest BCUT2D eigenvalue weighted by Gasteiger charge is 2.30. The highest BCUT2D eigenvalue weighted by Crippen LogP contribution is 2.31. The molecular weight excluding hydrogens is 437 g/mol. The maximum absolute atomic E-state index is 12.9. The van der Waals surface area contributed by atoms with Crippen LogP contribution in [0.2, 0.25) is 0 Å². The number of hydrogen-bond donors (Lipinski definition) is 3. The number of carbonyl (C=O) groups excluding carboxylic acids is 2. The molecule has 33 heavy (non-hydrogen) atoms. The maximum atomic E-state index is 12.9. The van der Waals surface area contributed by atoms with Crippen molar-refractivity contribution in [2.24, 2.45) is 0 Å². The number of carbonyl (C=O) groups is 2. The number of benzene rings is 2. The molecule has 1 aliphatic rings. The van der Waals surface area contributed by atoms with Crippen molar-refractivity contribution in [2.75, 3.05) is 48.9 Å². The van der Waals surface area contributed by atoms with Gasteiger partial charge in [0, 0.05) is 43.8 Å². The monoisotopic (exact) mass is 464 g/mol. The first-order valence-electron chi connectivity index (χ1n) is 10.7. The summed E-state index contributed by atoms with van der Waals surface area (Å²) >= 11 is 0. The molecule has 1 fully saturated rings. The van der Waals surface area contributed by atoms with Crippen LogP contribution in [0.25, 0.3) is 0 Å². The average Bonchev–Trinajstić information content (AvgIpc) is 2.79. The lowest BCUT2D eigenvalue weighted by Gasteiger charge is -2.30. The minimum Gasteiger partial charge on any atom is -0.383 e. The van der Waals surface area contributed by atoms with Crippen LogP contribution < -0.4 is 20.9 Å². The molecule has 0 radical (unpaired) electrons. The van der Waals surface area contributed by atoms with Crippen molar-refractivity contribution in [1.29, 1.82) is 0 Å². The number of amides is 3. The lowest BCUT2D eigenvalue weighted by Crippen LogP contribution is -2.33. The Kier molecular flexibility index (Phi) is 8.16. The zero-order valence-corrected chi connectivity index (χ0v) is 18.3. The lowest BCUT2D eigenvalue weighted by atomic mass is 10.1. The van der Waals surface area contributed by atoms with Gasteiger partial charge >= 0.3 is 12.2 Å². The quantitative estimate of drug-likeness (QED) is 0.518. The van der Waals surface area contributed by atoms with E-state index in [0.29, 0.717) is 24.4 Å². The summed E-state index contributed by atoms with van der Waals surface area (Å²) in [5.41, 5.74) is 0.668. The van der Waals surface area contributed by atoms with Gasteiger partial charge in [-0.25, -0.2) is 4.79 Å². The van der Waals surface area contributed by atoms with Crippen molar-refractivity contribution in [3.05, 3.63) is 53.6 Å². The number of rotatable bonds is 7. The number of alkyl halides is 3. The summed E-state index contributed by atoms with van der Waals surface area (Å²) in [7, 11) is 1.54. The minimum atomic E-state index is -4.51. The third kappa shape index (κ3) is 6.85. The van der Waals surface area contributed by atoms with Crippen LogP contribution in [-0.2, 0) is 10.9 Å². The molecular formula is C23H27F3N4O3. The van der Waals surface area contributed by atoms with Gasteiger partial charge in [-0.3, -0.25) is 4.79 Å². The van der Waals surface area contributed by atoms with Crippen molar-refractivity contribution in [2.45, 2.75) is 25.4 Å². The normalized spacial score (nSPS) is 14.0. The van der Waals surface area contributed by atoms with E-state index in [-0.39, 0.29) is 11.6 Å². The highest BCUT2D eigenvalue weighted by atomic mass is 19.4. The van der Waals surface area contributed by atoms with Crippen molar-refractivity contribution < 1.29 is 27.5 Å². The second-order valence-electron chi connectivity index (χ2n) is 7.69. The number of ether oxygens (including phenoxy) is 1. The maximum Gasteiger partial charge on any atom is 0.416 e. The predicted octanol–water partition coefficient (Wildman–Crippen LogP) is 4.72. The molecule has 10 heteroatoms. The first-order valence-corrected chi connectivity index (χ1v) is 10.7. The third-order valence-corrected chi connectivity index (χ3v) is 5.24. The molecule has 178 valence electrons. The molecule has 3 N–H and O–H groups in total. The molecule has 2 aromatic rings. The summed E-state index contributed by atoms with van der Waals surface area (Å²) in [6.07, 6.45) is -1.31.